The van der Waals surface area contributed by atoms with Crippen LogP contribution in [0.5, 0.6) is 0 Å². The third-order valence-electron chi connectivity index (χ3n) is 3.89. The minimum atomic E-state index is -1.37. The van der Waals surface area contributed by atoms with Crippen molar-refractivity contribution in [3.8, 4) is 0 Å². The summed E-state index contributed by atoms with van der Waals surface area (Å²) < 4.78 is 10.8. The van der Waals surface area contributed by atoms with E-state index in [0.717, 1.165) is 25.7 Å². The van der Waals surface area contributed by atoms with Crippen molar-refractivity contribution in [3.63, 3.8) is 0 Å². The molecule has 1 rings (SSSR count). The normalized spacial score (nSPS) is 36.0. The van der Waals surface area contributed by atoms with E-state index in [2.05, 4.69) is 13.8 Å². The summed E-state index contributed by atoms with van der Waals surface area (Å²) in [4.78, 5) is 0. The molecule has 1 aliphatic rings. The van der Waals surface area contributed by atoms with Gasteiger partial charge in [-0.1, -0.05) is 33.1 Å². The summed E-state index contributed by atoms with van der Waals surface area (Å²) in [5, 5.41) is 38.3. The van der Waals surface area contributed by atoms with E-state index in [-0.39, 0.29) is 0 Å². The van der Waals surface area contributed by atoms with E-state index in [4.69, 9.17) is 14.6 Å². The van der Waals surface area contributed by atoms with Gasteiger partial charge in [0.1, 0.15) is 24.4 Å². The van der Waals surface area contributed by atoms with E-state index in [0.29, 0.717) is 12.5 Å². The van der Waals surface area contributed by atoms with E-state index < -0.39 is 37.3 Å². The quantitative estimate of drug-likeness (QED) is 0.503. The molecule has 0 spiro atoms. The molecular formula is C14H28O6. The summed E-state index contributed by atoms with van der Waals surface area (Å²) in [5.74, 6) is 0.377. The Morgan fingerprint density at radius 1 is 1.10 bits per heavy atom. The van der Waals surface area contributed by atoms with Crippen LogP contribution < -0.4 is 0 Å². The molecule has 1 saturated heterocycles. The van der Waals surface area contributed by atoms with Crippen LogP contribution >= 0.6 is 0 Å². The Morgan fingerprint density at radius 2 is 1.80 bits per heavy atom. The highest BCUT2D eigenvalue weighted by Gasteiger charge is 2.44. The molecule has 6 nitrogen and oxygen atoms in total. The number of ether oxygens (including phenoxy) is 2. The maximum atomic E-state index is 9.84. The lowest BCUT2D eigenvalue weighted by Crippen LogP contribution is -2.59. The maximum absolute atomic E-state index is 9.84. The number of aliphatic hydroxyl groups is 4. The third-order valence-corrected chi connectivity index (χ3v) is 3.89. The van der Waals surface area contributed by atoms with Crippen molar-refractivity contribution in [2.75, 3.05) is 13.2 Å². The average molecular weight is 292 g/mol. The Kier molecular flexibility index (Phi) is 7.94. The van der Waals surface area contributed by atoms with Crippen LogP contribution in [0, 0.1) is 5.92 Å². The molecule has 0 saturated carbocycles. The van der Waals surface area contributed by atoms with Gasteiger partial charge in [0, 0.05) is 0 Å². The van der Waals surface area contributed by atoms with Gasteiger partial charge in [0.25, 0.3) is 0 Å². The first-order valence-electron chi connectivity index (χ1n) is 7.47. The fourth-order valence-corrected chi connectivity index (χ4v) is 2.33. The molecule has 0 radical (unpaired) electrons. The second-order valence-electron chi connectivity index (χ2n) is 5.45. The standard InChI is InChI=1S/C14H28O6/c1-3-5-6-9(4-2)8-19-14-13(18)12(17)11(16)10(7-15)20-14/h9-18H,3-8H2,1-2H3/t9?,10-,11-,12+,13-,14-/m1/s1. The van der Waals surface area contributed by atoms with Crippen LogP contribution in [0.3, 0.4) is 0 Å². The zero-order valence-electron chi connectivity index (χ0n) is 12.3. The van der Waals surface area contributed by atoms with Gasteiger partial charge in [0.05, 0.1) is 13.2 Å². The highest BCUT2D eigenvalue weighted by Crippen LogP contribution is 2.23. The lowest BCUT2D eigenvalue weighted by atomic mass is 9.98. The Balaban J connectivity index is 2.48. The first-order valence-corrected chi connectivity index (χ1v) is 7.47. The van der Waals surface area contributed by atoms with Crippen molar-refractivity contribution in [1.82, 2.24) is 0 Å². The van der Waals surface area contributed by atoms with Crippen LogP contribution in [0.2, 0.25) is 0 Å². The fourth-order valence-electron chi connectivity index (χ4n) is 2.33. The van der Waals surface area contributed by atoms with Gasteiger partial charge < -0.3 is 29.9 Å². The highest BCUT2D eigenvalue weighted by atomic mass is 16.7. The van der Waals surface area contributed by atoms with Crippen molar-refractivity contribution >= 4 is 0 Å². The molecule has 0 aromatic heterocycles. The molecule has 1 unspecified atom stereocenters. The SMILES string of the molecule is CCCCC(CC)CO[C@@H]1O[C@H](CO)[C@@H](O)[C@H](O)[C@H]1O. The molecule has 0 aromatic carbocycles. The number of hydrogen-bond donors (Lipinski definition) is 4. The van der Waals surface area contributed by atoms with Crippen molar-refractivity contribution in [2.45, 2.75) is 70.2 Å². The molecule has 1 heterocycles. The fraction of sp³-hybridized carbons (Fsp3) is 1.00. The summed E-state index contributed by atoms with van der Waals surface area (Å²) in [6, 6.07) is 0. The highest BCUT2D eigenvalue weighted by molar-refractivity contribution is 4.88. The Bertz CT molecular complexity index is 260. The van der Waals surface area contributed by atoms with E-state index in [9.17, 15) is 15.3 Å². The first kappa shape index (κ1) is 17.8. The van der Waals surface area contributed by atoms with Gasteiger partial charge >= 0.3 is 0 Å². The monoisotopic (exact) mass is 292 g/mol. The summed E-state index contributed by atoms with van der Waals surface area (Å²) in [5.41, 5.74) is 0. The summed E-state index contributed by atoms with van der Waals surface area (Å²) in [6.07, 6.45) is -1.68. The Labute approximate surface area is 120 Å². The van der Waals surface area contributed by atoms with E-state index in [1.165, 1.54) is 0 Å². The average Bonchev–Trinajstić information content (AvgIpc) is 2.47. The van der Waals surface area contributed by atoms with Gasteiger partial charge in [-0.05, 0) is 12.3 Å². The molecule has 4 N–H and O–H groups in total. The van der Waals surface area contributed by atoms with E-state index in [1.54, 1.807) is 0 Å². The van der Waals surface area contributed by atoms with Crippen molar-refractivity contribution < 1.29 is 29.9 Å². The molecule has 0 amide bonds. The van der Waals surface area contributed by atoms with Gasteiger partial charge in [0.2, 0.25) is 0 Å². The minimum absolute atomic E-state index is 0.377. The van der Waals surface area contributed by atoms with Crippen LogP contribution in [0.15, 0.2) is 0 Å². The molecule has 0 aromatic rings. The molecule has 0 bridgehead atoms. The topological polar surface area (TPSA) is 99.4 Å². The van der Waals surface area contributed by atoms with Crippen LogP contribution in [-0.4, -0.2) is 64.3 Å². The second-order valence-corrected chi connectivity index (χ2v) is 5.45. The van der Waals surface area contributed by atoms with Gasteiger partial charge in [-0.15, -0.1) is 0 Å². The molecule has 20 heavy (non-hydrogen) atoms. The molecule has 120 valence electrons. The lowest BCUT2D eigenvalue weighted by molar-refractivity contribution is -0.303. The molecule has 0 aliphatic carbocycles. The maximum Gasteiger partial charge on any atom is 0.186 e. The predicted octanol–water partition coefficient (Wildman–Crippen LogP) is 0.0193. The second kappa shape index (κ2) is 8.92. The predicted molar refractivity (Wildman–Crippen MR) is 73.0 cm³/mol. The summed E-state index contributed by atoms with van der Waals surface area (Å²) >= 11 is 0. The van der Waals surface area contributed by atoms with Crippen LogP contribution in [-0.2, 0) is 9.47 Å². The van der Waals surface area contributed by atoms with Crippen molar-refractivity contribution in [3.05, 3.63) is 0 Å². The van der Waals surface area contributed by atoms with Crippen LogP contribution in [0.1, 0.15) is 39.5 Å². The van der Waals surface area contributed by atoms with Crippen LogP contribution in [0.4, 0.5) is 0 Å². The number of rotatable bonds is 8. The van der Waals surface area contributed by atoms with Gasteiger partial charge in [-0.25, -0.2) is 0 Å². The molecular weight excluding hydrogens is 264 g/mol. The van der Waals surface area contributed by atoms with Crippen LogP contribution in [0.25, 0.3) is 0 Å². The van der Waals surface area contributed by atoms with Crippen molar-refractivity contribution in [1.29, 1.82) is 0 Å². The molecule has 1 fully saturated rings. The third kappa shape index (κ3) is 4.65. The molecule has 1 aliphatic heterocycles. The summed E-state index contributed by atoms with van der Waals surface area (Å²) in [6.45, 7) is 4.21. The largest absolute Gasteiger partial charge is 0.394 e. The van der Waals surface area contributed by atoms with Gasteiger partial charge in [0.15, 0.2) is 6.29 Å². The number of unbranched alkanes of at least 4 members (excludes halogenated alkanes) is 1. The minimum Gasteiger partial charge on any atom is -0.394 e. The van der Waals surface area contributed by atoms with Crippen molar-refractivity contribution in [2.24, 2.45) is 5.92 Å². The molecule has 6 heteroatoms. The first-order chi connectivity index (χ1) is 9.54. The zero-order chi connectivity index (χ0) is 15.1. The Morgan fingerprint density at radius 3 is 2.35 bits per heavy atom. The Hall–Kier alpha value is -0.240. The number of aliphatic hydroxyl groups excluding tert-OH is 4. The number of hydrogen-bond acceptors (Lipinski definition) is 6. The van der Waals surface area contributed by atoms with Gasteiger partial charge in [-0.3, -0.25) is 0 Å². The zero-order valence-corrected chi connectivity index (χ0v) is 12.3. The summed E-state index contributed by atoms with van der Waals surface area (Å²) in [7, 11) is 0. The van der Waals surface area contributed by atoms with E-state index >= 15 is 0 Å². The van der Waals surface area contributed by atoms with E-state index in [1.807, 2.05) is 0 Å². The van der Waals surface area contributed by atoms with Gasteiger partial charge in [-0.2, -0.15) is 0 Å². The lowest BCUT2D eigenvalue weighted by Gasteiger charge is -2.40. The smallest absolute Gasteiger partial charge is 0.186 e. The molecule has 6 atom stereocenters.